The molecule has 0 atom stereocenters. The van der Waals surface area contributed by atoms with Crippen LogP contribution in [0, 0.1) is 0 Å². The second-order valence-electron chi connectivity index (χ2n) is 5.95. The lowest BCUT2D eigenvalue weighted by Gasteiger charge is -2.18. The van der Waals surface area contributed by atoms with Gasteiger partial charge in [0.15, 0.2) is 0 Å². The predicted molar refractivity (Wildman–Crippen MR) is 102 cm³/mol. The van der Waals surface area contributed by atoms with Gasteiger partial charge in [-0.2, -0.15) is 5.10 Å². The van der Waals surface area contributed by atoms with Gasteiger partial charge in [-0.3, -0.25) is 9.59 Å². The molecule has 0 bridgehead atoms. The van der Waals surface area contributed by atoms with E-state index in [1.54, 1.807) is 31.3 Å². The summed E-state index contributed by atoms with van der Waals surface area (Å²) in [6.07, 6.45) is 0.631. The van der Waals surface area contributed by atoms with E-state index in [4.69, 9.17) is 9.47 Å². The van der Waals surface area contributed by atoms with Crippen molar-refractivity contribution in [3.05, 3.63) is 48.5 Å². The van der Waals surface area contributed by atoms with E-state index < -0.39 is 0 Å². The average molecular weight is 367 g/mol. The quantitative estimate of drug-likeness (QED) is 0.848. The van der Waals surface area contributed by atoms with Crippen LogP contribution in [0.4, 0.5) is 5.69 Å². The lowest BCUT2D eigenvalue weighted by molar-refractivity contribution is -0.130. The molecule has 2 aromatic carbocycles. The molecule has 3 rings (SSSR count). The van der Waals surface area contributed by atoms with Crippen molar-refractivity contribution in [1.82, 2.24) is 5.01 Å². The third-order valence-corrected chi connectivity index (χ3v) is 3.95. The zero-order valence-electron chi connectivity index (χ0n) is 15.3. The first-order valence-corrected chi connectivity index (χ1v) is 8.71. The first-order chi connectivity index (χ1) is 13.0. The summed E-state index contributed by atoms with van der Waals surface area (Å²) in [4.78, 5) is 23.7. The van der Waals surface area contributed by atoms with E-state index in [-0.39, 0.29) is 18.2 Å². The van der Waals surface area contributed by atoms with E-state index in [1.165, 1.54) is 5.01 Å². The molecule has 0 radical (unpaired) electrons. The van der Waals surface area contributed by atoms with Crippen LogP contribution in [0.1, 0.15) is 19.8 Å². The predicted octanol–water partition coefficient (Wildman–Crippen LogP) is 3.42. The molecule has 7 nitrogen and oxygen atoms in total. The number of anilines is 1. The van der Waals surface area contributed by atoms with Crippen LogP contribution in [0.15, 0.2) is 53.6 Å². The molecule has 1 N–H and O–H groups in total. The fourth-order valence-corrected chi connectivity index (χ4v) is 2.55. The lowest BCUT2D eigenvalue weighted by atomic mass is 10.1. The summed E-state index contributed by atoms with van der Waals surface area (Å²) in [5, 5.41) is 7.99. The minimum atomic E-state index is -0.311. The Morgan fingerprint density at radius 1 is 1.04 bits per heavy atom. The highest BCUT2D eigenvalue weighted by atomic mass is 16.5. The molecule has 2 aromatic rings. The van der Waals surface area contributed by atoms with Crippen molar-refractivity contribution in [3.63, 3.8) is 0 Å². The number of nitrogens with zero attached hydrogens (tertiary/aromatic N) is 2. The minimum absolute atomic E-state index is 0.0951. The van der Waals surface area contributed by atoms with Crippen LogP contribution in [0.3, 0.4) is 0 Å². The molecule has 27 heavy (non-hydrogen) atoms. The molecule has 0 aromatic heterocycles. The first-order valence-electron chi connectivity index (χ1n) is 8.71. The maximum atomic E-state index is 12.3. The number of nitrogens with one attached hydrogen (secondary N) is 1. The van der Waals surface area contributed by atoms with E-state index in [0.29, 0.717) is 35.9 Å². The summed E-state index contributed by atoms with van der Waals surface area (Å²) in [6, 6.07) is 14.4. The summed E-state index contributed by atoms with van der Waals surface area (Å²) in [5.41, 5.74) is 0.966. The van der Waals surface area contributed by atoms with Crippen molar-refractivity contribution in [2.75, 3.05) is 19.0 Å². The summed E-state index contributed by atoms with van der Waals surface area (Å²) >= 11 is 0. The van der Waals surface area contributed by atoms with E-state index in [9.17, 15) is 9.59 Å². The van der Waals surface area contributed by atoms with Gasteiger partial charge in [-0.15, -0.1) is 0 Å². The molecule has 140 valence electrons. The Kier molecular flexibility index (Phi) is 5.71. The smallest absolute Gasteiger partial charge is 0.271 e. The van der Waals surface area contributed by atoms with Crippen LogP contribution in [-0.4, -0.2) is 36.2 Å². The van der Waals surface area contributed by atoms with Crippen molar-refractivity contribution in [2.24, 2.45) is 5.10 Å². The number of hydrogen-bond donors (Lipinski definition) is 1. The van der Waals surface area contributed by atoms with E-state index in [0.717, 1.165) is 5.75 Å². The summed E-state index contributed by atoms with van der Waals surface area (Å²) in [6.45, 7) is 2.55. The Balaban J connectivity index is 1.59. The van der Waals surface area contributed by atoms with Crippen molar-refractivity contribution >= 4 is 23.2 Å². The highest BCUT2D eigenvalue weighted by molar-refractivity contribution is 6.43. The Labute approximate surface area is 157 Å². The van der Waals surface area contributed by atoms with Gasteiger partial charge in [0.1, 0.15) is 23.0 Å². The number of benzene rings is 2. The van der Waals surface area contributed by atoms with Crippen LogP contribution in [-0.2, 0) is 9.59 Å². The zero-order chi connectivity index (χ0) is 19.2. The molecular weight excluding hydrogens is 346 g/mol. The first kappa shape index (κ1) is 18.4. The van der Waals surface area contributed by atoms with Crippen LogP contribution in [0.5, 0.6) is 17.2 Å². The van der Waals surface area contributed by atoms with Gasteiger partial charge in [-0.1, -0.05) is 0 Å². The topological polar surface area (TPSA) is 80.2 Å². The second-order valence-corrected chi connectivity index (χ2v) is 5.95. The van der Waals surface area contributed by atoms with Crippen LogP contribution in [0.2, 0.25) is 0 Å². The molecule has 0 aliphatic carbocycles. The van der Waals surface area contributed by atoms with Crippen molar-refractivity contribution in [3.8, 4) is 17.2 Å². The van der Waals surface area contributed by atoms with Gasteiger partial charge in [0.25, 0.3) is 5.91 Å². The third kappa shape index (κ3) is 4.84. The van der Waals surface area contributed by atoms with Crippen LogP contribution < -0.4 is 14.8 Å². The maximum absolute atomic E-state index is 12.3. The zero-order valence-corrected chi connectivity index (χ0v) is 15.3. The molecule has 0 fully saturated rings. The van der Waals surface area contributed by atoms with Crippen LogP contribution >= 0.6 is 0 Å². The summed E-state index contributed by atoms with van der Waals surface area (Å²) in [7, 11) is 1.54. The molecule has 2 amide bonds. The molecular formula is C20H21N3O4. The van der Waals surface area contributed by atoms with Gasteiger partial charge in [0.05, 0.1) is 6.61 Å². The normalized spacial score (nSPS) is 13.8. The average Bonchev–Trinajstić information content (AvgIpc) is 2.67. The Bertz CT molecular complexity index is 845. The monoisotopic (exact) mass is 367 g/mol. The molecule has 0 unspecified atom stereocenters. The van der Waals surface area contributed by atoms with Gasteiger partial charge < -0.3 is 14.8 Å². The highest BCUT2D eigenvalue weighted by Gasteiger charge is 2.21. The lowest BCUT2D eigenvalue weighted by Crippen LogP contribution is -2.34. The van der Waals surface area contributed by atoms with Crippen molar-refractivity contribution in [1.29, 1.82) is 0 Å². The number of carbonyl (C=O) groups excluding carboxylic acids is 2. The van der Waals surface area contributed by atoms with Gasteiger partial charge in [0.2, 0.25) is 5.91 Å². The number of ether oxygens (including phenoxy) is 2. The van der Waals surface area contributed by atoms with E-state index in [1.807, 2.05) is 31.2 Å². The number of amides is 2. The molecule has 0 spiro atoms. The number of rotatable bonds is 6. The van der Waals surface area contributed by atoms with Gasteiger partial charge in [0, 0.05) is 25.6 Å². The number of hydrogen-bond acceptors (Lipinski definition) is 5. The molecule has 7 heteroatoms. The molecule has 0 saturated carbocycles. The molecule has 1 heterocycles. The number of carbonyl (C=O) groups is 2. The fraction of sp³-hybridized carbons (Fsp3) is 0.250. The van der Waals surface area contributed by atoms with Crippen LogP contribution in [0.25, 0.3) is 0 Å². The fourth-order valence-electron chi connectivity index (χ4n) is 2.55. The Hall–Kier alpha value is -3.35. The largest absolute Gasteiger partial charge is 0.494 e. The Morgan fingerprint density at radius 3 is 2.22 bits per heavy atom. The van der Waals surface area contributed by atoms with Gasteiger partial charge in [-0.25, -0.2) is 5.01 Å². The molecule has 1 aliphatic heterocycles. The third-order valence-electron chi connectivity index (χ3n) is 3.95. The molecule has 1 aliphatic rings. The second kappa shape index (κ2) is 8.35. The maximum Gasteiger partial charge on any atom is 0.271 e. The van der Waals surface area contributed by atoms with Gasteiger partial charge >= 0.3 is 0 Å². The van der Waals surface area contributed by atoms with Crippen molar-refractivity contribution in [2.45, 2.75) is 19.8 Å². The Morgan fingerprint density at radius 2 is 1.63 bits per heavy atom. The van der Waals surface area contributed by atoms with Gasteiger partial charge in [-0.05, 0) is 55.5 Å². The van der Waals surface area contributed by atoms with E-state index >= 15 is 0 Å². The van der Waals surface area contributed by atoms with Crippen molar-refractivity contribution < 1.29 is 19.1 Å². The summed E-state index contributed by atoms with van der Waals surface area (Å²) < 4.78 is 11.2. The summed E-state index contributed by atoms with van der Waals surface area (Å²) in [5.74, 6) is 1.73. The number of hydrazone groups is 1. The highest BCUT2D eigenvalue weighted by Crippen LogP contribution is 2.25. The van der Waals surface area contributed by atoms with E-state index in [2.05, 4.69) is 10.4 Å². The standard InChI is InChI=1S/C20H21N3O4/c1-3-26-15-8-10-17(11-9-15)27-16-6-4-14(5-7-16)21-20(25)18-12-13-19(24)23(2)22-18/h4-11H,3,12-13H2,1-2H3,(H,21,25). The molecule has 0 saturated heterocycles. The SMILES string of the molecule is CCOc1ccc(Oc2ccc(NC(=O)C3=NN(C)C(=O)CC3)cc2)cc1. The minimum Gasteiger partial charge on any atom is -0.494 e.